The lowest BCUT2D eigenvalue weighted by atomic mass is 10.4. The van der Waals surface area contributed by atoms with Gasteiger partial charge in [-0.05, 0) is 27.7 Å². The lowest BCUT2D eigenvalue weighted by Crippen LogP contribution is -2.06. The van der Waals surface area contributed by atoms with Crippen LogP contribution in [0.3, 0.4) is 0 Å². The minimum absolute atomic E-state index is 0.309. The molecule has 0 amide bonds. The van der Waals surface area contributed by atoms with Crippen LogP contribution in [0.5, 0.6) is 0 Å². The molecular weight excluding hydrogens is 189 g/mol. The predicted molar refractivity (Wildman–Crippen MR) is 51.6 cm³/mol. The Labute approximate surface area is 79.8 Å². The summed E-state index contributed by atoms with van der Waals surface area (Å²) < 4.78 is 24.3. The highest BCUT2D eigenvalue weighted by atomic mass is 31.2. The van der Waals surface area contributed by atoms with Crippen molar-refractivity contribution in [1.29, 1.82) is 0 Å². The van der Waals surface area contributed by atoms with E-state index in [-0.39, 0.29) is 0 Å². The average Bonchev–Trinajstić information content (AvgIpc) is 2.61. The quantitative estimate of drug-likeness (QED) is 0.512. The number of hydrogen-bond acceptors (Lipinski definition) is 3. The molecule has 5 heteroatoms. The highest BCUT2D eigenvalue weighted by molar-refractivity contribution is 7.51. The molecule has 1 fully saturated rings. The van der Waals surface area contributed by atoms with Gasteiger partial charge in [0.15, 0.2) is 0 Å². The molecule has 1 aliphatic rings. The summed E-state index contributed by atoms with van der Waals surface area (Å²) in [6.45, 7) is 8.54. The zero-order chi connectivity index (χ0) is 10.1. The third-order valence-corrected chi connectivity index (χ3v) is 4.77. The second-order valence-corrected chi connectivity index (χ2v) is 5.08. The summed E-state index contributed by atoms with van der Waals surface area (Å²) in [5.41, 5.74) is 0. The van der Waals surface area contributed by atoms with E-state index in [1.165, 1.54) is 0 Å². The van der Waals surface area contributed by atoms with Gasteiger partial charge in [0.2, 0.25) is 0 Å². The zero-order valence-electron chi connectivity index (χ0n) is 8.69. The Balaban J connectivity index is 2.63. The Kier molecular flexibility index (Phi) is 3.52. The maximum Gasteiger partial charge on any atom is 0.408 e. The number of rotatable bonds is 5. The van der Waals surface area contributed by atoms with Crippen LogP contribution in [0.2, 0.25) is 0 Å². The van der Waals surface area contributed by atoms with Crippen LogP contribution in [-0.2, 0) is 13.6 Å². The third kappa shape index (κ3) is 2.13. The fourth-order valence-electron chi connectivity index (χ4n) is 1.43. The van der Waals surface area contributed by atoms with Gasteiger partial charge in [-0.3, -0.25) is 9.05 Å². The first-order valence-corrected chi connectivity index (χ1v) is 6.24. The Morgan fingerprint density at radius 2 is 1.54 bits per heavy atom. The van der Waals surface area contributed by atoms with Crippen LogP contribution < -0.4 is 0 Å². The molecule has 0 saturated carbocycles. The van der Waals surface area contributed by atoms with Gasteiger partial charge in [-0.2, -0.15) is 4.67 Å². The first-order valence-electron chi connectivity index (χ1n) is 4.74. The van der Waals surface area contributed by atoms with Gasteiger partial charge in [-0.1, -0.05) is 0 Å². The molecule has 0 aromatic rings. The molecule has 78 valence electrons. The van der Waals surface area contributed by atoms with E-state index in [2.05, 4.69) is 0 Å². The fraction of sp³-hybridized carbons (Fsp3) is 1.00. The van der Waals surface area contributed by atoms with Crippen LogP contribution in [0, 0.1) is 0 Å². The number of nitrogens with zero attached hydrogens (tertiary/aromatic N) is 1. The van der Waals surface area contributed by atoms with Crippen molar-refractivity contribution in [2.75, 3.05) is 13.2 Å². The van der Waals surface area contributed by atoms with E-state index >= 15 is 0 Å². The minimum atomic E-state index is -2.96. The van der Waals surface area contributed by atoms with E-state index in [0.717, 1.165) is 0 Å². The molecule has 4 nitrogen and oxygen atoms in total. The topological polar surface area (TPSA) is 38.5 Å². The molecule has 2 atom stereocenters. The van der Waals surface area contributed by atoms with Crippen molar-refractivity contribution in [2.45, 2.75) is 39.8 Å². The van der Waals surface area contributed by atoms with Gasteiger partial charge in [0, 0.05) is 12.1 Å². The summed E-state index contributed by atoms with van der Waals surface area (Å²) in [5.74, 6) is 0. The molecule has 0 unspecified atom stereocenters. The standard InChI is InChI=1S/C8H18NO3P/c1-5-11-13(10,12-6-2)9-7(3)8(9)4/h7-8H,5-6H2,1-4H3/t7-,8-/m1/s1. The molecular formula is C8H18NO3P. The second kappa shape index (κ2) is 4.09. The van der Waals surface area contributed by atoms with Gasteiger partial charge < -0.3 is 0 Å². The van der Waals surface area contributed by atoms with Crippen molar-refractivity contribution in [2.24, 2.45) is 0 Å². The third-order valence-electron chi connectivity index (χ3n) is 2.31. The molecule has 0 bridgehead atoms. The van der Waals surface area contributed by atoms with Gasteiger partial charge in [-0.25, -0.2) is 4.57 Å². The van der Waals surface area contributed by atoms with Crippen LogP contribution in [-0.4, -0.2) is 30.0 Å². The first kappa shape index (κ1) is 11.2. The summed E-state index contributed by atoms with van der Waals surface area (Å²) in [6.07, 6.45) is 0. The minimum Gasteiger partial charge on any atom is -0.297 e. The van der Waals surface area contributed by atoms with Crippen LogP contribution >= 0.6 is 7.75 Å². The molecule has 0 radical (unpaired) electrons. The first-order chi connectivity index (χ1) is 6.06. The molecule has 1 saturated heterocycles. The number of hydrogen-bond donors (Lipinski definition) is 0. The lowest BCUT2D eigenvalue weighted by molar-refractivity contribution is 0.193. The van der Waals surface area contributed by atoms with E-state index in [1.54, 1.807) is 4.67 Å². The molecule has 0 spiro atoms. The molecule has 0 aromatic carbocycles. The smallest absolute Gasteiger partial charge is 0.297 e. The SMILES string of the molecule is CCOP(=O)(OCC)N1[C@H](C)[C@H]1C. The molecule has 0 N–H and O–H groups in total. The summed E-state index contributed by atoms with van der Waals surface area (Å²) in [5, 5.41) is 0. The Hall–Kier alpha value is 0.110. The monoisotopic (exact) mass is 207 g/mol. The van der Waals surface area contributed by atoms with Crippen LogP contribution in [0.25, 0.3) is 0 Å². The van der Waals surface area contributed by atoms with Crippen molar-refractivity contribution in [3.8, 4) is 0 Å². The Bertz CT molecular complexity index is 203. The maximum absolute atomic E-state index is 12.1. The zero-order valence-corrected chi connectivity index (χ0v) is 9.58. The van der Waals surface area contributed by atoms with Gasteiger partial charge in [0.25, 0.3) is 0 Å². The summed E-state index contributed by atoms with van der Waals surface area (Å²) in [7, 11) is -2.96. The second-order valence-electron chi connectivity index (χ2n) is 3.17. The van der Waals surface area contributed by atoms with Crippen LogP contribution in [0.4, 0.5) is 0 Å². The predicted octanol–water partition coefficient (Wildman–Crippen LogP) is 2.26. The van der Waals surface area contributed by atoms with Crippen molar-refractivity contribution < 1.29 is 13.6 Å². The summed E-state index contributed by atoms with van der Waals surface area (Å²) in [4.78, 5) is 0. The van der Waals surface area contributed by atoms with E-state index in [4.69, 9.17) is 9.05 Å². The van der Waals surface area contributed by atoms with E-state index < -0.39 is 7.75 Å². The highest BCUT2D eigenvalue weighted by Crippen LogP contribution is 2.61. The van der Waals surface area contributed by atoms with E-state index in [1.807, 2.05) is 27.7 Å². The van der Waals surface area contributed by atoms with Gasteiger partial charge in [0.05, 0.1) is 13.2 Å². The van der Waals surface area contributed by atoms with E-state index in [9.17, 15) is 4.57 Å². The Morgan fingerprint density at radius 3 is 1.77 bits per heavy atom. The lowest BCUT2D eigenvalue weighted by Gasteiger charge is -2.17. The van der Waals surface area contributed by atoms with Gasteiger partial charge in [0.1, 0.15) is 0 Å². The van der Waals surface area contributed by atoms with E-state index in [0.29, 0.717) is 25.3 Å². The summed E-state index contributed by atoms with van der Waals surface area (Å²) >= 11 is 0. The van der Waals surface area contributed by atoms with Gasteiger partial charge in [-0.15, -0.1) is 0 Å². The molecule has 13 heavy (non-hydrogen) atoms. The molecule has 0 aliphatic carbocycles. The normalized spacial score (nSPS) is 33.4. The van der Waals surface area contributed by atoms with Crippen LogP contribution in [0.15, 0.2) is 0 Å². The summed E-state index contributed by atoms with van der Waals surface area (Å²) in [6, 6.07) is 0.618. The van der Waals surface area contributed by atoms with Crippen molar-refractivity contribution in [1.82, 2.24) is 4.67 Å². The van der Waals surface area contributed by atoms with Gasteiger partial charge >= 0.3 is 7.75 Å². The van der Waals surface area contributed by atoms with Crippen molar-refractivity contribution in [3.05, 3.63) is 0 Å². The largest absolute Gasteiger partial charge is 0.408 e. The maximum atomic E-state index is 12.1. The molecule has 1 aliphatic heterocycles. The Morgan fingerprint density at radius 1 is 1.15 bits per heavy atom. The highest BCUT2D eigenvalue weighted by Gasteiger charge is 2.53. The molecule has 0 aromatic heterocycles. The average molecular weight is 207 g/mol. The van der Waals surface area contributed by atoms with Crippen molar-refractivity contribution >= 4 is 7.75 Å². The molecule has 1 rings (SSSR count). The molecule has 1 heterocycles. The van der Waals surface area contributed by atoms with Crippen molar-refractivity contribution in [3.63, 3.8) is 0 Å². The van der Waals surface area contributed by atoms with Crippen LogP contribution in [0.1, 0.15) is 27.7 Å². The fourth-order valence-corrected chi connectivity index (χ4v) is 3.64.